The van der Waals surface area contributed by atoms with Crippen LogP contribution in [0.5, 0.6) is 0 Å². The fourth-order valence-corrected chi connectivity index (χ4v) is 9.39. The molecule has 2 heterocycles. The first-order chi connectivity index (χ1) is 26.8. The number of rotatable bonds is 4. The molecule has 0 fully saturated rings. The minimum Gasteiger partial charge on any atom is -0.243 e. The van der Waals surface area contributed by atoms with Crippen LogP contribution >= 0.6 is 0 Å². The van der Waals surface area contributed by atoms with Gasteiger partial charge in [-0.2, -0.15) is 0 Å². The maximum absolute atomic E-state index is 5.70. The normalized spacial score (nSPS) is 14.5. The van der Waals surface area contributed by atoms with Crippen molar-refractivity contribution in [3.05, 3.63) is 168 Å². The quantitative estimate of drug-likeness (QED) is 0.182. The van der Waals surface area contributed by atoms with Crippen LogP contribution in [-0.4, -0.2) is 20.3 Å². The molecule has 262 valence electrons. The Balaban J connectivity index is 1.25. The summed E-state index contributed by atoms with van der Waals surface area (Å²) in [7, 11) is 0. The summed E-state index contributed by atoms with van der Waals surface area (Å²) in [6.07, 6.45) is 0. The molecule has 0 amide bonds. The molecule has 0 saturated heterocycles. The Morgan fingerprint density at radius 2 is 0.745 bits per heavy atom. The third-order valence-corrected chi connectivity index (χ3v) is 12.2. The first-order valence-corrected chi connectivity index (χ1v) is 18.9. The summed E-state index contributed by atoms with van der Waals surface area (Å²) in [4.78, 5) is 11.3. The molecule has 9 aromatic rings. The minimum atomic E-state index is -0.185. The highest BCUT2D eigenvalue weighted by Crippen LogP contribution is 2.53. The zero-order valence-corrected chi connectivity index (χ0v) is 31.1. The van der Waals surface area contributed by atoms with Crippen molar-refractivity contribution >= 4 is 22.1 Å². The van der Waals surface area contributed by atoms with E-state index in [1.54, 1.807) is 0 Å². The molecule has 0 aliphatic heterocycles. The van der Waals surface area contributed by atoms with Crippen LogP contribution in [0.3, 0.4) is 0 Å². The van der Waals surface area contributed by atoms with Gasteiger partial charge in [0.2, 0.25) is 0 Å². The number of aromatic nitrogens is 4. The Kier molecular flexibility index (Phi) is 6.58. The fraction of sp³-hybridized carbons (Fsp3) is 0.120. The summed E-state index contributed by atoms with van der Waals surface area (Å²) >= 11 is 0. The number of fused-ring (bicyclic) bond motifs is 8. The molecular weight excluding hydrogens is 673 g/mol. The molecule has 55 heavy (non-hydrogen) atoms. The maximum Gasteiger partial charge on any atom is 0.146 e. The summed E-state index contributed by atoms with van der Waals surface area (Å²) in [5, 5.41) is 9.33. The molecule has 2 aliphatic rings. The van der Waals surface area contributed by atoms with E-state index in [0.29, 0.717) is 11.0 Å². The van der Waals surface area contributed by atoms with E-state index in [0.717, 1.165) is 55.8 Å². The monoisotopic (exact) mass is 708 g/mol. The summed E-state index contributed by atoms with van der Waals surface area (Å²) in [5.74, 6) is 0. The van der Waals surface area contributed by atoms with E-state index in [1.807, 2.05) is 12.1 Å². The Morgan fingerprint density at radius 3 is 1.18 bits per heavy atom. The van der Waals surface area contributed by atoms with Crippen molar-refractivity contribution in [2.45, 2.75) is 38.5 Å². The van der Waals surface area contributed by atoms with Gasteiger partial charge in [-0.3, -0.25) is 0 Å². The molecule has 0 saturated carbocycles. The van der Waals surface area contributed by atoms with Gasteiger partial charge in [0.25, 0.3) is 0 Å². The molecule has 2 aliphatic carbocycles. The molecule has 0 atom stereocenters. The second kappa shape index (κ2) is 11.4. The Hall–Kier alpha value is -6.72. The predicted octanol–water partition coefficient (Wildman–Crippen LogP) is 12.4. The van der Waals surface area contributed by atoms with Crippen LogP contribution in [0.2, 0.25) is 0 Å². The van der Waals surface area contributed by atoms with E-state index in [1.165, 1.54) is 44.5 Å². The molecule has 0 radical (unpaired) electrons. The fourth-order valence-electron chi connectivity index (χ4n) is 9.39. The Morgan fingerprint density at radius 1 is 0.364 bits per heavy atom. The van der Waals surface area contributed by atoms with Gasteiger partial charge in [-0.1, -0.05) is 161 Å². The van der Waals surface area contributed by atoms with E-state index in [4.69, 9.17) is 14.6 Å². The van der Waals surface area contributed by atoms with Gasteiger partial charge in [-0.05, 0) is 78.1 Å². The minimum absolute atomic E-state index is 0.185. The zero-order valence-electron chi connectivity index (χ0n) is 31.1. The van der Waals surface area contributed by atoms with Crippen LogP contribution in [0.1, 0.15) is 49.9 Å². The van der Waals surface area contributed by atoms with Crippen molar-refractivity contribution in [1.82, 2.24) is 20.3 Å². The van der Waals surface area contributed by atoms with Crippen LogP contribution in [-0.2, 0) is 10.8 Å². The second-order valence-electron chi connectivity index (χ2n) is 15.9. The van der Waals surface area contributed by atoms with Crippen molar-refractivity contribution in [1.29, 1.82) is 0 Å². The Bertz CT molecular complexity index is 2830. The highest BCUT2D eigenvalue weighted by Gasteiger charge is 2.38. The van der Waals surface area contributed by atoms with Crippen molar-refractivity contribution in [2.24, 2.45) is 0 Å². The standard InChI is InChI=1S/C50H36N4O/c1-49(2)37-21-13-11-19-33(37)35-25-23-31(27-39(35)49)41-45-46(52-44(30-17-9-6-10-18-30)43(51-45)29-15-7-5-8-16-29)42(48-47(41)53-55-54-48)32-24-26-36-34-20-12-14-22-38(34)50(3,4)40(36)28-32/h5-28H,1-4H3. The highest BCUT2D eigenvalue weighted by atomic mass is 16.6. The third kappa shape index (κ3) is 4.47. The van der Waals surface area contributed by atoms with E-state index in [9.17, 15) is 0 Å². The molecule has 5 heteroatoms. The van der Waals surface area contributed by atoms with Crippen molar-refractivity contribution in [3.8, 4) is 67.0 Å². The van der Waals surface area contributed by atoms with E-state index < -0.39 is 0 Å². The lowest BCUT2D eigenvalue weighted by atomic mass is 9.81. The van der Waals surface area contributed by atoms with Gasteiger partial charge in [-0.25, -0.2) is 14.6 Å². The van der Waals surface area contributed by atoms with E-state index >= 15 is 0 Å². The molecular formula is C50H36N4O. The second-order valence-corrected chi connectivity index (χ2v) is 15.9. The molecule has 0 bridgehead atoms. The zero-order chi connectivity index (χ0) is 37.1. The third-order valence-electron chi connectivity index (χ3n) is 12.2. The van der Waals surface area contributed by atoms with Gasteiger partial charge in [0.15, 0.2) is 0 Å². The lowest BCUT2D eigenvalue weighted by molar-refractivity contribution is 0.315. The lowest BCUT2D eigenvalue weighted by Crippen LogP contribution is -2.15. The van der Waals surface area contributed by atoms with Gasteiger partial charge in [0.1, 0.15) is 22.1 Å². The van der Waals surface area contributed by atoms with Crippen LogP contribution in [0.15, 0.2) is 150 Å². The van der Waals surface area contributed by atoms with Crippen LogP contribution in [0.25, 0.3) is 89.1 Å². The Labute approximate surface area is 319 Å². The first kappa shape index (κ1) is 31.8. The topological polar surface area (TPSA) is 64.7 Å². The summed E-state index contributed by atoms with van der Waals surface area (Å²) in [6, 6.07) is 51.7. The molecule has 2 aromatic heterocycles. The summed E-state index contributed by atoms with van der Waals surface area (Å²) in [5.41, 5.74) is 20.1. The highest BCUT2D eigenvalue weighted by molar-refractivity contribution is 6.17. The van der Waals surface area contributed by atoms with E-state index in [2.05, 4.69) is 171 Å². The van der Waals surface area contributed by atoms with Gasteiger partial charge in [-0.15, -0.1) is 0 Å². The largest absolute Gasteiger partial charge is 0.243 e. The number of nitrogens with zero attached hydrogens (tertiary/aromatic N) is 4. The lowest BCUT2D eigenvalue weighted by Gasteiger charge is -2.23. The van der Waals surface area contributed by atoms with Crippen molar-refractivity contribution in [2.75, 3.05) is 0 Å². The summed E-state index contributed by atoms with van der Waals surface area (Å²) in [6.45, 7) is 9.23. The molecule has 0 spiro atoms. The number of benzene rings is 7. The van der Waals surface area contributed by atoms with Gasteiger partial charge < -0.3 is 0 Å². The van der Waals surface area contributed by atoms with Crippen LogP contribution in [0.4, 0.5) is 0 Å². The molecule has 0 N–H and O–H groups in total. The molecule has 0 unspecified atom stereocenters. The number of hydrogen-bond donors (Lipinski definition) is 0. The predicted molar refractivity (Wildman–Crippen MR) is 222 cm³/mol. The maximum atomic E-state index is 5.70. The molecule has 7 aromatic carbocycles. The molecule has 5 nitrogen and oxygen atoms in total. The average Bonchev–Trinajstić information content (AvgIpc) is 3.86. The first-order valence-electron chi connectivity index (χ1n) is 18.9. The molecule has 11 rings (SSSR count). The van der Waals surface area contributed by atoms with Crippen molar-refractivity contribution in [3.63, 3.8) is 0 Å². The number of hydrogen-bond acceptors (Lipinski definition) is 5. The van der Waals surface area contributed by atoms with Gasteiger partial charge in [0.05, 0.1) is 11.4 Å². The summed E-state index contributed by atoms with van der Waals surface area (Å²) < 4.78 is 5.70. The van der Waals surface area contributed by atoms with Gasteiger partial charge in [0, 0.05) is 33.1 Å². The van der Waals surface area contributed by atoms with Crippen LogP contribution < -0.4 is 0 Å². The SMILES string of the molecule is CC1(C)c2ccccc2-c2ccc(-c3c4nonc4c(-c4ccc5c(c4)C(C)(C)c4ccccc4-5)c4nc(-c5ccccc5)c(-c5ccccc5)nc34)cc21. The van der Waals surface area contributed by atoms with Crippen LogP contribution in [0, 0.1) is 0 Å². The average molecular weight is 709 g/mol. The van der Waals surface area contributed by atoms with Crippen molar-refractivity contribution < 1.29 is 4.63 Å². The van der Waals surface area contributed by atoms with E-state index in [-0.39, 0.29) is 10.8 Å². The van der Waals surface area contributed by atoms with Gasteiger partial charge >= 0.3 is 0 Å². The smallest absolute Gasteiger partial charge is 0.146 e.